The molecule has 1 saturated heterocycles. The van der Waals surface area contributed by atoms with E-state index in [0.717, 1.165) is 49.3 Å². The van der Waals surface area contributed by atoms with E-state index in [1.54, 1.807) is 0 Å². The first-order chi connectivity index (χ1) is 15.0. The highest BCUT2D eigenvalue weighted by molar-refractivity contribution is 6.30. The Morgan fingerprint density at radius 2 is 1.90 bits per heavy atom. The molecule has 2 N–H and O–H groups in total. The molecule has 2 aromatic rings. The fourth-order valence-electron chi connectivity index (χ4n) is 3.84. The molecule has 0 radical (unpaired) electrons. The number of nitrogens with one attached hydrogen (secondary N) is 2. The highest BCUT2D eigenvalue weighted by Gasteiger charge is 2.21. The first-order valence-corrected chi connectivity index (χ1v) is 11.5. The lowest BCUT2D eigenvalue weighted by molar-refractivity contribution is 0.306. The lowest BCUT2D eigenvalue weighted by atomic mass is 10.1. The summed E-state index contributed by atoms with van der Waals surface area (Å²) in [5.74, 6) is 1.96. The monoisotopic (exact) mass is 442 g/mol. The molecule has 0 aliphatic carbocycles. The van der Waals surface area contributed by atoms with Gasteiger partial charge in [0.1, 0.15) is 5.82 Å². The number of rotatable bonds is 7. The van der Waals surface area contributed by atoms with Crippen LogP contribution in [0.2, 0.25) is 5.02 Å². The van der Waals surface area contributed by atoms with Crippen LogP contribution in [0.1, 0.15) is 36.9 Å². The third-order valence-corrected chi connectivity index (χ3v) is 5.95. The van der Waals surface area contributed by atoms with E-state index in [-0.39, 0.29) is 6.04 Å². The first-order valence-electron chi connectivity index (χ1n) is 11.1. The average Bonchev–Trinajstić information content (AvgIpc) is 2.76. The number of piperidine rings is 1. The van der Waals surface area contributed by atoms with E-state index in [2.05, 4.69) is 77.6 Å². The van der Waals surface area contributed by atoms with E-state index in [1.165, 1.54) is 11.1 Å². The van der Waals surface area contributed by atoms with Crippen LogP contribution in [-0.2, 0) is 0 Å². The van der Waals surface area contributed by atoms with Crippen molar-refractivity contribution < 1.29 is 0 Å². The number of aliphatic imine (C=N–C) groups is 1. The summed E-state index contributed by atoms with van der Waals surface area (Å²) in [5, 5.41) is 7.81. The number of halogens is 1. The Kier molecular flexibility index (Phi) is 8.55. The molecule has 1 fully saturated rings. The van der Waals surface area contributed by atoms with Gasteiger partial charge in [0.05, 0.1) is 12.6 Å². The van der Waals surface area contributed by atoms with Gasteiger partial charge in [-0.3, -0.25) is 4.99 Å². The van der Waals surface area contributed by atoms with Gasteiger partial charge in [0.15, 0.2) is 5.96 Å². The Morgan fingerprint density at radius 3 is 2.48 bits per heavy atom. The number of aryl methyl sites for hydroxylation is 1. The number of anilines is 1. The molecule has 1 aliphatic heterocycles. The lowest BCUT2D eigenvalue weighted by Crippen LogP contribution is -2.49. The molecule has 2 heterocycles. The number of nitrogens with zero attached hydrogens (tertiary/aromatic N) is 4. The molecule has 0 amide bonds. The second-order valence-electron chi connectivity index (χ2n) is 8.35. The summed E-state index contributed by atoms with van der Waals surface area (Å²) < 4.78 is 0. The highest BCUT2D eigenvalue weighted by Crippen LogP contribution is 2.21. The van der Waals surface area contributed by atoms with Gasteiger partial charge in [-0.1, -0.05) is 29.8 Å². The van der Waals surface area contributed by atoms with Gasteiger partial charge >= 0.3 is 0 Å². The topological polar surface area (TPSA) is 55.8 Å². The van der Waals surface area contributed by atoms with Gasteiger partial charge in [-0.05, 0) is 70.1 Å². The fourth-order valence-corrected chi connectivity index (χ4v) is 3.97. The number of hydrogen-bond donors (Lipinski definition) is 2. The van der Waals surface area contributed by atoms with Crippen molar-refractivity contribution in [2.75, 3.05) is 45.2 Å². The quantitative estimate of drug-likeness (QED) is 0.503. The van der Waals surface area contributed by atoms with Gasteiger partial charge in [0.2, 0.25) is 0 Å². The van der Waals surface area contributed by atoms with Crippen LogP contribution in [0.4, 0.5) is 5.82 Å². The fraction of sp³-hybridized carbons (Fsp3) is 0.500. The predicted molar refractivity (Wildman–Crippen MR) is 131 cm³/mol. The van der Waals surface area contributed by atoms with E-state index in [1.807, 2.05) is 18.3 Å². The van der Waals surface area contributed by atoms with Gasteiger partial charge in [-0.15, -0.1) is 0 Å². The van der Waals surface area contributed by atoms with Crippen LogP contribution in [0.3, 0.4) is 0 Å². The Bertz CT molecular complexity index is 826. The predicted octanol–water partition coefficient (Wildman–Crippen LogP) is 3.87. The van der Waals surface area contributed by atoms with Crippen LogP contribution >= 0.6 is 11.6 Å². The van der Waals surface area contributed by atoms with Crippen molar-refractivity contribution in [3.05, 3.63) is 58.7 Å². The van der Waals surface area contributed by atoms with Crippen molar-refractivity contribution in [2.45, 2.75) is 38.8 Å². The maximum Gasteiger partial charge on any atom is 0.191 e. The van der Waals surface area contributed by atoms with E-state index in [9.17, 15) is 0 Å². The van der Waals surface area contributed by atoms with E-state index in [4.69, 9.17) is 16.6 Å². The van der Waals surface area contributed by atoms with Gasteiger partial charge in [-0.2, -0.15) is 0 Å². The summed E-state index contributed by atoms with van der Waals surface area (Å²) in [6.07, 6.45) is 4.07. The third kappa shape index (κ3) is 6.84. The van der Waals surface area contributed by atoms with Crippen molar-refractivity contribution >= 4 is 23.4 Å². The number of hydrogen-bond acceptors (Lipinski definition) is 4. The van der Waals surface area contributed by atoms with E-state index < -0.39 is 0 Å². The molecule has 1 aromatic heterocycles. The molecule has 1 aliphatic rings. The number of guanidine groups is 1. The van der Waals surface area contributed by atoms with Gasteiger partial charge < -0.3 is 20.4 Å². The van der Waals surface area contributed by atoms with Crippen LogP contribution in [0.5, 0.6) is 0 Å². The molecule has 1 aromatic carbocycles. The normalized spacial score (nSPS) is 16.5. The minimum Gasteiger partial charge on any atom is -0.357 e. The van der Waals surface area contributed by atoms with Crippen LogP contribution in [-0.4, -0.2) is 62.2 Å². The molecular weight excluding hydrogens is 408 g/mol. The maximum absolute atomic E-state index is 6.06. The Hall–Kier alpha value is -2.31. The Labute approximate surface area is 191 Å². The van der Waals surface area contributed by atoms with E-state index >= 15 is 0 Å². The Balaban J connectivity index is 1.59. The number of benzene rings is 1. The third-order valence-electron chi connectivity index (χ3n) is 5.70. The minimum absolute atomic E-state index is 0.196. The summed E-state index contributed by atoms with van der Waals surface area (Å²) in [4.78, 5) is 14.0. The van der Waals surface area contributed by atoms with Gasteiger partial charge in [0, 0.05) is 36.9 Å². The lowest BCUT2D eigenvalue weighted by Gasteiger charge is -2.34. The number of likely N-dealkylation sites (N-methyl/N-ethyl adjacent to an activating group) is 1. The molecule has 0 saturated carbocycles. The van der Waals surface area contributed by atoms with Crippen molar-refractivity contribution in [2.24, 2.45) is 4.99 Å². The molecule has 1 unspecified atom stereocenters. The van der Waals surface area contributed by atoms with Crippen LogP contribution in [0, 0.1) is 6.92 Å². The summed E-state index contributed by atoms with van der Waals surface area (Å²) >= 11 is 6.06. The molecule has 168 valence electrons. The van der Waals surface area contributed by atoms with Crippen molar-refractivity contribution in [3.63, 3.8) is 0 Å². The maximum atomic E-state index is 6.06. The molecule has 6 nitrogen and oxygen atoms in total. The standard InChI is InChI=1S/C24H35ClN6/c1-5-26-24(28-17-22(30(3)4)19-7-9-20(25)10-8-19)29-21-12-14-31(15-13-21)23-11-6-18(2)16-27-23/h6-11,16,21-22H,5,12-15,17H2,1-4H3,(H2,26,28,29). The zero-order chi connectivity index (χ0) is 22.2. The largest absolute Gasteiger partial charge is 0.357 e. The van der Waals surface area contributed by atoms with Crippen molar-refractivity contribution in [1.29, 1.82) is 0 Å². The number of pyridine rings is 1. The van der Waals surface area contributed by atoms with Gasteiger partial charge in [0.25, 0.3) is 0 Å². The highest BCUT2D eigenvalue weighted by atomic mass is 35.5. The molecule has 3 rings (SSSR count). The van der Waals surface area contributed by atoms with Crippen molar-refractivity contribution in [3.8, 4) is 0 Å². The minimum atomic E-state index is 0.196. The van der Waals surface area contributed by atoms with Gasteiger partial charge in [-0.25, -0.2) is 4.98 Å². The molecule has 1 atom stereocenters. The smallest absolute Gasteiger partial charge is 0.191 e. The van der Waals surface area contributed by atoms with Crippen LogP contribution in [0.15, 0.2) is 47.6 Å². The van der Waals surface area contributed by atoms with E-state index in [0.29, 0.717) is 12.6 Å². The second-order valence-corrected chi connectivity index (χ2v) is 8.79. The molecule has 7 heteroatoms. The van der Waals surface area contributed by atoms with Crippen LogP contribution < -0.4 is 15.5 Å². The summed E-state index contributed by atoms with van der Waals surface area (Å²) in [7, 11) is 4.17. The molecule has 0 spiro atoms. The van der Waals surface area contributed by atoms with Crippen LogP contribution in [0.25, 0.3) is 0 Å². The Morgan fingerprint density at radius 1 is 1.19 bits per heavy atom. The average molecular weight is 443 g/mol. The number of aromatic nitrogens is 1. The molecular formula is C24H35ClN6. The zero-order valence-corrected chi connectivity index (χ0v) is 19.9. The first kappa shape index (κ1) is 23.4. The zero-order valence-electron chi connectivity index (χ0n) is 19.1. The summed E-state index contributed by atoms with van der Waals surface area (Å²) in [6.45, 7) is 7.69. The van der Waals surface area contributed by atoms with Crippen molar-refractivity contribution in [1.82, 2.24) is 20.5 Å². The second kappa shape index (κ2) is 11.3. The summed E-state index contributed by atoms with van der Waals surface area (Å²) in [6, 6.07) is 12.9. The summed E-state index contributed by atoms with van der Waals surface area (Å²) in [5.41, 5.74) is 2.41. The SMILES string of the molecule is CCNC(=NCC(c1ccc(Cl)cc1)N(C)C)NC1CCN(c2ccc(C)cn2)CC1. The molecule has 0 bridgehead atoms. The molecule has 31 heavy (non-hydrogen) atoms.